The summed E-state index contributed by atoms with van der Waals surface area (Å²) in [5, 5.41) is 5.90. The Hall–Kier alpha value is -3.35. The topological polar surface area (TPSA) is 87.7 Å². The average molecular weight is 538 g/mol. The zero-order valence-electron chi connectivity index (χ0n) is 25.3. The highest BCUT2D eigenvalue weighted by molar-refractivity contribution is 5.92. The van der Waals surface area contributed by atoms with Gasteiger partial charge in [-0.2, -0.15) is 0 Å². The van der Waals surface area contributed by atoms with Crippen LogP contribution in [-0.2, 0) is 20.7 Å². The summed E-state index contributed by atoms with van der Waals surface area (Å²) in [4.78, 5) is 42.9. The van der Waals surface area contributed by atoms with Crippen LogP contribution in [0.25, 0.3) is 0 Å². The van der Waals surface area contributed by atoms with Crippen molar-refractivity contribution in [2.45, 2.75) is 111 Å². The van der Waals surface area contributed by atoms with Gasteiger partial charge in [-0.15, -0.1) is 0 Å². The first-order valence-corrected chi connectivity index (χ1v) is 13.8. The van der Waals surface area contributed by atoms with E-state index in [1.165, 1.54) is 0 Å². The van der Waals surface area contributed by atoms with E-state index in [4.69, 9.17) is 4.74 Å². The lowest BCUT2D eigenvalue weighted by atomic mass is 9.95. The number of amides is 3. The van der Waals surface area contributed by atoms with Crippen LogP contribution in [0.15, 0.2) is 48.5 Å². The Morgan fingerprint density at radius 2 is 1.49 bits per heavy atom. The minimum atomic E-state index is -0.938. The van der Waals surface area contributed by atoms with E-state index in [1.54, 1.807) is 25.7 Å². The summed E-state index contributed by atoms with van der Waals surface area (Å²) in [7, 11) is 0. The van der Waals surface area contributed by atoms with E-state index in [0.29, 0.717) is 6.42 Å². The Labute approximate surface area is 234 Å². The van der Waals surface area contributed by atoms with Gasteiger partial charge in [-0.05, 0) is 79.9 Å². The van der Waals surface area contributed by atoms with Gasteiger partial charge in [-0.3, -0.25) is 9.59 Å². The summed E-state index contributed by atoms with van der Waals surface area (Å²) in [5.74, 6) is -0.607. The highest BCUT2D eigenvalue weighted by Crippen LogP contribution is 2.29. The van der Waals surface area contributed by atoms with Gasteiger partial charge in [-0.25, -0.2) is 4.79 Å². The molecule has 0 aliphatic heterocycles. The summed E-state index contributed by atoms with van der Waals surface area (Å²) in [6.45, 7) is 19.0. The second-order valence-electron chi connectivity index (χ2n) is 12.5. The third-order valence-electron chi connectivity index (χ3n) is 6.18. The predicted octanol–water partition coefficient (Wildman–Crippen LogP) is 6.02. The maximum absolute atomic E-state index is 14.5. The SMILES string of the molecule is CCC(C)N(C(=O)C(Cc1ccccc1)NC(=O)OC(C)(C)C)C(C(=O)NC(C)(C)C)c1cc(C)cc(C)c1. The van der Waals surface area contributed by atoms with Gasteiger partial charge in [0.2, 0.25) is 11.8 Å². The third-order valence-corrected chi connectivity index (χ3v) is 6.18. The van der Waals surface area contributed by atoms with Crippen LogP contribution in [-0.4, -0.2) is 46.0 Å². The van der Waals surface area contributed by atoms with E-state index in [-0.39, 0.29) is 24.3 Å². The summed E-state index contributed by atoms with van der Waals surface area (Å²) in [6, 6.07) is 13.4. The zero-order chi connectivity index (χ0) is 29.5. The highest BCUT2D eigenvalue weighted by atomic mass is 16.6. The maximum atomic E-state index is 14.5. The number of benzene rings is 2. The first-order valence-electron chi connectivity index (χ1n) is 13.8. The number of nitrogens with zero attached hydrogens (tertiary/aromatic N) is 1. The number of alkyl carbamates (subject to hydrolysis) is 1. The summed E-state index contributed by atoms with van der Waals surface area (Å²) in [6.07, 6.45) is 0.204. The van der Waals surface area contributed by atoms with Gasteiger partial charge >= 0.3 is 6.09 Å². The summed E-state index contributed by atoms with van der Waals surface area (Å²) >= 11 is 0. The molecule has 0 heterocycles. The van der Waals surface area contributed by atoms with E-state index in [1.807, 2.05) is 97.0 Å². The van der Waals surface area contributed by atoms with Crippen LogP contribution in [0.2, 0.25) is 0 Å². The molecule has 214 valence electrons. The van der Waals surface area contributed by atoms with E-state index in [0.717, 1.165) is 22.3 Å². The molecule has 2 N–H and O–H groups in total. The van der Waals surface area contributed by atoms with E-state index in [9.17, 15) is 14.4 Å². The largest absolute Gasteiger partial charge is 0.444 e. The van der Waals surface area contributed by atoms with Gasteiger partial charge in [-0.1, -0.05) is 66.6 Å². The molecule has 0 aromatic heterocycles. The van der Waals surface area contributed by atoms with Crippen molar-refractivity contribution in [3.63, 3.8) is 0 Å². The molecule has 3 amide bonds. The molecule has 0 saturated heterocycles. The Balaban J connectivity index is 2.64. The Morgan fingerprint density at radius 3 is 1.97 bits per heavy atom. The summed E-state index contributed by atoms with van der Waals surface area (Å²) in [5.41, 5.74) is 2.40. The molecule has 2 rings (SSSR count). The first kappa shape index (κ1) is 31.9. The van der Waals surface area contributed by atoms with Crippen molar-refractivity contribution in [2.75, 3.05) is 0 Å². The van der Waals surface area contributed by atoms with Gasteiger partial charge < -0.3 is 20.3 Å². The molecule has 3 atom stereocenters. The van der Waals surface area contributed by atoms with Crippen LogP contribution < -0.4 is 10.6 Å². The number of rotatable bonds is 9. The van der Waals surface area contributed by atoms with Gasteiger partial charge in [0, 0.05) is 18.0 Å². The number of ether oxygens (including phenoxy) is 1. The number of carbonyl (C=O) groups excluding carboxylic acids is 3. The minimum absolute atomic E-state index is 0.256. The normalized spacial score (nSPS) is 14.1. The van der Waals surface area contributed by atoms with Crippen LogP contribution in [0.3, 0.4) is 0 Å². The smallest absolute Gasteiger partial charge is 0.408 e. The van der Waals surface area contributed by atoms with Crippen molar-refractivity contribution in [1.29, 1.82) is 0 Å². The number of aryl methyl sites for hydroxylation is 2. The van der Waals surface area contributed by atoms with Crippen molar-refractivity contribution in [1.82, 2.24) is 15.5 Å². The Kier molecular flexibility index (Phi) is 10.7. The fourth-order valence-electron chi connectivity index (χ4n) is 4.52. The average Bonchev–Trinajstić information content (AvgIpc) is 2.78. The fourth-order valence-corrected chi connectivity index (χ4v) is 4.52. The van der Waals surface area contributed by atoms with E-state index in [2.05, 4.69) is 10.6 Å². The van der Waals surface area contributed by atoms with Crippen molar-refractivity contribution < 1.29 is 19.1 Å². The zero-order valence-corrected chi connectivity index (χ0v) is 25.3. The predicted molar refractivity (Wildman–Crippen MR) is 156 cm³/mol. The molecule has 0 spiro atoms. The Morgan fingerprint density at radius 1 is 0.923 bits per heavy atom. The first-order chi connectivity index (χ1) is 18.0. The molecule has 39 heavy (non-hydrogen) atoms. The number of hydrogen-bond donors (Lipinski definition) is 2. The maximum Gasteiger partial charge on any atom is 0.408 e. The third kappa shape index (κ3) is 10.0. The molecular formula is C32H47N3O4. The van der Waals surface area contributed by atoms with Crippen molar-refractivity contribution in [2.24, 2.45) is 0 Å². The lowest BCUT2D eigenvalue weighted by Gasteiger charge is -2.39. The molecule has 0 bridgehead atoms. The van der Waals surface area contributed by atoms with Gasteiger partial charge in [0.1, 0.15) is 17.7 Å². The number of hydrogen-bond acceptors (Lipinski definition) is 4. The lowest BCUT2D eigenvalue weighted by molar-refractivity contribution is -0.145. The molecule has 7 heteroatoms. The van der Waals surface area contributed by atoms with Crippen LogP contribution in [0.5, 0.6) is 0 Å². The van der Waals surface area contributed by atoms with Crippen molar-refractivity contribution in [3.8, 4) is 0 Å². The summed E-state index contributed by atoms with van der Waals surface area (Å²) < 4.78 is 5.51. The van der Waals surface area contributed by atoms with Gasteiger partial charge in [0.05, 0.1) is 0 Å². The van der Waals surface area contributed by atoms with E-state index >= 15 is 0 Å². The van der Waals surface area contributed by atoms with Gasteiger partial charge in [0.15, 0.2) is 0 Å². The molecule has 0 radical (unpaired) electrons. The van der Waals surface area contributed by atoms with Crippen LogP contribution >= 0.6 is 0 Å². The number of nitrogens with one attached hydrogen (secondary N) is 2. The van der Waals surface area contributed by atoms with Crippen LogP contribution in [0.4, 0.5) is 4.79 Å². The molecular weight excluding hydrogens is 490 g/mol. The number of carbonyl (C=O) groups is 3. The minimum Gasteiger partial charge on any atom is -0.444 e. The molecule has 0 saturated carbocycles. The lowest BCUT2D eigenvalue weighted by Crippen LogP contribution is -2.57. The van der Waals surface area contributed by atoms with E-state index < -0.39 is 29.3 Å². The second kappa shape index (κ2) is 13.1. The van der Waals surface area contributed by atoms with Crippen LogP contribution in [0, 0.1) is 13.8 Å². The van der Waals surface area contributed by atoms with Gasteiger partial charge in [0.25, 0.3) is 0 Å². The fraction of sp³-hybridized carbons (Fsp3) is 0.531. The quantitative estimate of drug-likeness (QED) is 0.409. The Bertz CT molecular complexity index is 1110. The molecule has 0 aliphatic carbocycles. The molecule has 2 aromatic rings. The molecule has 7 nitrogen and oxygen atoms in total. The second-order valence-corrected chi connectivity index (χ2v) is 12.5. The molecule has 0 aliphatic rings. The highest BCUT2D eigenvalue weighted by Gasteiger charge is 2.39. The molecule has 3 unspecified atom stereocenters. The molecule has 2 aromatic carbocycles. The van der Waals surface area contributed by atoms with Crippen LogP contribution in [0.1, 0.15) is 90.1 Å². The van der Waals surface area contributed by atoms with Crippen molar-refractivity contribution >= 4 is 17.9 Å². The molecule has 0 fully saturated rings. The standard InChI is InChI=1S/C32H47N3O4/c1-11-23(4)35(27(28(36)34-31(5,6)7)25-18-21(2)17-22(3)19-25)29(37)26(20-24-15-13-12-14-16-24)33-30(38)39-32(8,9)10/h12-19,23,26-27H,11,20H2,1-10H3,(H,33,38)(H,34,36). The van der Waals surface area contributed by atoms with Crippen molar-refractivity contribution in [3.05, 3.63) is 70.8 Å². The monoisotopic (exact) mass is 537 g/mol.